The van der Waals surface area contributed by atoms with E-state index in [0.29, 0.717) is 51.9 Å². The number of aliphatic hydroxyl groups excluding tert-OH is 1. The molecule has 0 aliphatic carbocycles. The van der Waals surface area contributed by atoms with Crippen LogP contribution in [0.2, 0.25) is 0 Å². The van der Waals surface area contributed by atoms with Gasteiger partial charge in [-0.05, 0) is 83.7 Å². The third-order valence-electron chi connectivity index (χ3n) is 15.8. The van der Waals surface area contributed by atoms with E-state index in [2.05, 4.69) is 26.3 Å². The van der Waals surface area contributed by atoms with E-state index in [4.69, 9.17) is 28.8 Å². The van der Waals surface area contributed by atoms with Crippen LogP contribution in [0, 0.1) is 33.5 Å². The molecule has 2 aromatic rings. The Labute approximate surface area is 619 Å². The molecule has 0 unspecified atom stereocenters. The van der Waals surface area contributed by atoms with Crippen molar-refractivity contribution in [3.63, 3.8) is 0 Å². The normalized spacial score (nSPS) is 18.1. The first-order chi connectivity index (χ1) is 40.6. The third-order valence-corrected chi connectivity index (χ3v) is 15.8. The van der Waals surface area contributed by atoms with Gasteiger partial charge in [0.1, 0.15) is 18.2 Å². The second kappa shape index (κ2) is 37.7. The van der Waals surface area contributed by atoms with Gasteiger partial charge < -0.3 is 54.0 Å². The molecule has 2 fully saturated rings. The number of methoxy groups -OCH3 is 1. The van der Waals surface area contributed by atoms with Gasteiger partial charge >= 0.3 is 133 Å². The second-order valence-electron chi connectivity index (χ2n) is 27.1. The Balaban J connectivity index is 0.000000823. The van der Waals surface area contributed by atoms with Crippen molar-refractivity contribution in [3.8, 4) is 0 Å². The van der Waals surface area contributed by atoms with Crippen molar-refractivity contribution in [1.29, 1.82) is 0 Å². The number of carbonyl (C=O) groups excluding carboxylic acids is 8. The standard InChI is InChI=1S/C33H46N2O7.C32H44N2O7.C3H8O.2K.H2O/c1-9-12-22-13-11-14-23-18-34(20-25(22)23)31(39)42-24-16-27(30(38)40-8)35(19-24)29(37)26(32(3,4)5)17-28(36)41-21-33(6,7)15-10-2;1-8-11-21-12-10-13-22-17-33(19-24(21)22)30(39)41-23-15-26(29(37)38)34(18-23)28(36)25(31(3,4)5)16-27(35)40-20-32(6,7)14-9-2;1-3(2)4;;;/h9-11,13-14,24,26-27H,1-2,12,15-21H2,3-8H3;8-10,12-13,23,25-26H,1-2,11,14-20H2,3-7H3,(H,37,38);3-4H,1-2H3;;;1H2/q;;;2*+1;/p-2/t24-,26-,27+;23-,25-,26+;;;;/m11..../s1. The Morgan fingerprint density at radius 3 is 1.28 bits per heavy atom. The number of carboxylic acids is 1. The SMILES string of the molecule is C=CCc1cccc2c1CN(C(=O)O[C@@H]1C[C@@H](C(=O)OC)N(C(=O)[C@@H](CC(=O)OCC(C)(C)CC=C)C(C)(C)C)C1)C2.C=CCc1cccc2c1CN(C(=O)O[C@@H]1C[C@@H](C(=O)[O-])N(C(=O)[C@@H](CC(=O)OCC(C)(C)CC=C)C(C)(C)C)C1)C2.CC(C)O.[K+].[K+].[OH-]. The van der Waals surface area contributed by atoms with Crippen molar-refractivity contribution in [2.45, 2.75) is 191 Å². The number of ether oxygens (including phenoxy) is 5. The molecule has 2 N–H and O–H groups in total. The summed E-state index contributed by atoms with van der Waals surface area (Å²) in [6.07, 6.45) is 6.85. The zero-order valence-electron chi connectivity index (χ0n) is 56.4. The zero-order valence-corrected chi connectivity index (χ0v) is 62.6. The van der Waals surface area contributed by atoms with Crippen LogP contribution in [0.15, 0.2) is 87.0 Å². The van der Waals surface area contributed by atoms with Gasteiger partial charge in [0.05, 0.1) is 70.1 Å². The van der Waals surface area contributed by atoms with Crippen molar-refractivity contribution in [1.82, 2.24) is 19.6 Å². The van der Waals surface area contributed by atoms with Crippen LogP contribution in [-0.4, -0.2) is 142 Å². The molecule has 4 aliphatic heterocycles. The average molecular weight is 1310 g/mol. The van der Waals surface area contributed by atoms with Crippen molar-refractivity contribution >= 4 is 47.9 Å². The maximum Gasteiger partial charge on any atom is 1.00 e. The fourth-order valence-electron chi connectivity index (χ4n) is 11.0. The minimum Gasteiger partial charge on any atom is -0.870 e. The summed E-state index contributed by atoms with van der Waals surface area (Å²) in [5, 5.41) is 20.1. The van der Waals surface area contributed by atoms with Gasteiger partial charge in [-0.25, -0.2) is 14.4 Å². The van der Waals surface area contributed by atoms with E-state index in [1.807, 2.05) is 118 Å². The minimum atomic E-state index is -1.43. The summed E-state index contributed by atoms with van der Waals surface area (Å²) in [5.74, 6) is -5.52. The average Bonchev–Trinajstić information content (AvgIpc) is 1.64. The second-order valence-corrected chi connectivity index (χ2v) is 27.1. The molecule has 2 aromatic carbocycles. The van der Waals surface area contributed by atoms with Crippen LogP contribution in [-0.2, 0) is 91.5 Å². The number of nitrogens with zero attached hydrogens (tertiary/aromatic N) is 4. The van der Waals surface area contributed by atoms with E-state index in [9.17, 15) is 43.5 Å². The van der Waals surface area contributed by atoms with Crippen LogP contribution in [0.1, 0.15) is 155 Å². The molecule has 4 amide bonds. The number of aliphatic carboxylic acids is 1. The van der Waals surface area contributed by atoms with E-state index < -0.39 is 88.9 Å². The Hall–Kier alpha value is -4.05. The van der Waals surface area contributed by atoms with Gasteiger partial charge in [-0.15, -0.1) is 26.3 Å². The summed E-state index contributed by atoms with van der Waals surface area (Å²) < 4.78 is 27.6. The number of hydrogen-bond donors (Lipinski definition) is 1. The van der Waals surface area contributed by atoms with Gasteiger partial charge in [-0.2, -0.15) is 0 Å². The van der Waals surface area contributed by atoms with Gasteiger partial charge in [-0.3, -0.25) is 29.0 Å². The number of hydrogen-bond acceptors (Lipinski definition) is 16. The van der Waals surface area contributed by atoms with Gasteiger partial charge in [0.25, 0.3) is 0 Å². The fourth-order valence-corrected chi connectivity index (χ4v) is 11.0. The van der Waals surface area contributed by atoms with Gasteiger partial charge in [0, 0.05) is 56.0 Å². The summed E-state index contributed by atoms with van der Waals surface area (Å²) in [5.41, 5.74) is 4.63. The Kier molecular flexibility index (Phi) is 35.2. The number of esters is 3. The molecular formula is C68H98K2N4O16. The molecule has 0 aromatic heterocycles. The Bertz CT molecular complexity index is 2820. The molecule has 0 saturated carbocycles. The van der Waals surface area contributed by atoms with Crippen molar-refractivity contribution in [2.75, 3.05) is 33.4 Å². The molecule has 90 heavy (non-hydrogen) atoms. The van der Waals surface area contributed by atoms with E-state index in [1.54, 1.807) is 35.8 Å². The molecule has 6 atom stereocenters. The van der Waals surface area contributed by atoms with Crippen LogP contribution in [0.4, 0.5) is 9.59 Å². The zero-order chi connectivity index (χ0) is 65.4. The van der Waals surface area contributed by atoms with Gasteiger partial charge in [-0.1, -0.05) is 130 Å². The van der Waals surface area contributed by atoms with Crippen LogP contribution in [0.25, 0.3) is 0 Å². The number of aliphatic hydroxyl groups is 1. The summed E-state index contributed by atoms with van der Waals surface area (Å²) in [6.45, 7) is 39.4. The summed E-state index contributed by atoms with van der Waals surface area (Å²) in [4.78, 5) is 110. The number of allylic oxidation sites excluding steroid dienone is 4. The molecule has 20 nitrogen and oxygen atoms in total. The van der Waals surface area contributed by atoms with Crippen molar-refractivity contribution in [3.05, 3.63) is 120 Å². The van der Waals surface area contributed by atoms with E-state index >= 15 is 0 Å². The summed E-state index contributed by atoms with van der Waals surface area (Å²) in [7, 11) is 1.26. The van der Waals surface area contributed by atoms with Crippen LogP contribution in [0.5, 0.6) is 0 Å². The monoisotopic (exact) mass is 1300 g/mol. The number of benzene rings is 2. The summed E-state index contributed by atoms with van der Waals surface area (Å²) in [6, 6.07) is 9.71. The predicted octanol–water partition coefficient (Wildman–Crippen LogP) is 3.21. The molecule has 0 bridgehead atoms. The fraction of sp³-hybridized carbons (Fsp3) is 0.588. The maximum absolute atomic E-state index is 13.9. The molecule has 488 valence electrons. The third kappa shape index (κ3) is 25.0. The van der Waals surface area contributed by atoms with Gasteiger partial charge in [0.2, 0.25) is 11.8 Å². The number of carboxylic acid groups (broad SMARTS) is 1. The van der Waals surface area contributed by atoms with E-state index in [1.165, 1.54) is 16.9 Å². The number of carbonyl (C=O) groups is 8. The Morgan fingerprint density at radius 1 is 0.600 bits per heavy atom. The first-order valence-electron chi connectivity index (χ1n) is 30.0. The Morgan fingerprint density at radius 2 is 0.956 bits per heavy atom. The topological polar surface area (TPSA) is 269 Å². The number of amides is 4. The van der Waals surface area contributed by atoms with Crippen LogP contribution in [0.3, 0.4) is 0 Å². The molecule has 4 aliphatic rings. The molecule has 22 heteroatoms. The first-order valence-corrected chi connectivity index (χ1v) is 30.0. The largest absolute Gasteiger partial charge is 1.00 e. The first kappa shape index (κ1) is 84.0. The van der Waals surface area contributed by atoms with E-state index in [-0.39, 0.29) is 183 Å². The minimum absolute atomic E-state index is 0. The molecule has 0 spiro atoms. The maximum atomic E-state index is 13.9. The van der Waals surface area contributed by atoms with Crippen molar-refractivity contribution in [2.24, 2.45) is 33.5 Å². The molecule has 4 heterocycles. The number of rotatable bonds is 22. The molecule has 0 radical (unpaired) electrons. The molecule has 6 rings (SSSR count). The summed E-state index contributed by atoms with van der Waals surface area (Å²) >= 11 is 0. The number of fused-ring (bicyclic) bond motifs is 2. The van der Waals surface area contributed by atoms with Gasteiger partial charge in [0.15, 0.2) is 0 Å². The van der Waals surface area contributed by atoms with Crippen molar-refractivity contribution < 1.29 is 180 Å². The molecular weight excluding hydrogens is 1210 g/mol. The quantitative estimate of drug-likeness (QED) is 0.0768. The van der Waals surface area contributed by atoms with E-state index in [0.717, 1.165) is 33.4 Å². The van der Waals surface area contributed by atoms with Crippen LogP contribution >= 0.6 is 0 Å². The smallest absolute Gasteiger partial charge is 0.870 e. The van der Waals surface area contributed by atoms with Crippen LogP contribution < -0.4 is 108 Å². The predicted molar refractivity (Wildman–Crippen MR) is 330 cm³/mol. The number of likely N-dealkylation sites (tertiary alicyclic amines) is 2. The molecule has 2 saturated heterocycles.